The number of nitrogens with zero attached hydrogens (tertiary/aromatic N) is 5. The fraction of sp³-hybridized carbons (Fsp3) is 0.340. The minimum atomic E-state index is -1.39. The molecule has 6 rings (SSSR count). The number of carboxylic acids is 1. The van der Waals surface area contributed by atoms with Crippen molar-refractivity contribution in [2.45, 2.75) is 32.1 Å². The summed E-state index contributed by atoms with van der Waals surface area (Å²) in [5.41, 5.74) is 0.0759. The van der Waals surface area contributed by atoms with Crippen molar-refractivity contribution in [1.29, 1.82) is 0 Å². The van der Waals surface area contributed by atoms with E-state index in [2.05, 4.69) is 19.5 Å². The van der Waals surface area contributed by atoms with Crippen molar-refractivity contribution in [2.75, 3.05) is 73.7 Å². The van der Waals surface area contributed by atoms with Crippen LogP contribution in [-0.4, -0.2) is 181 Å². The molecule has 0 saturated carbocycles. The maximum Gasteiger partial charge on any atom is 0.513 e. The number of nitrogens with one attached hydrogen (secondary N) is 1. The maximum atomic E-state index is 14.1. The number of imide groups is 5. The second-order valence-electron chi connectivity index (χ2n) is 16.1. The third-order valence-corrected chi connectivity index (χ3v) is 11.4. The summed E-state index contributed by atoms with van der Waals surface area (Å²) in [5, 5.41) is 12.3. The number of fused-ring (bicyclic) bond motifs is 3. The van der Waals surface area contributed by atoms with E-state index in [4.69, 9.17) is 14.2 Å². The van der Waals surface area contributed by atoms with E-state index < -0.39 is 117 Å². The van der Waals surface area contributed by atoms with Gasteiger partial charge in [-0.1, -0.05) is 18.2 Å². The van der Waals surface area contributed by atoms with Gasteiger partial charge >= 0.3 is 24.4 Å². The van der Waals surface area contributed by atoms with Gasteiger partial charge in [0.15, 0.2) is 0 Å². The molecule has 2 N–H and O–H groups in total. The van der Waals surface area contributed by atoms with Crippen molar-refractivity contribution in [1.82, 2.24) is 29.8 Å². The van der Waals surface area contributed by atoms with Gasteiger partial charge in [-0.25, -0.2) is 19.3 Å². The molecular formula is C47H46N6O20. The third-order valence-electron chi connectivity index (χ3n) is 11.4. The summed E-state index contributed by atoms with van der Waals surface area (Å²) in [6, 6.07) is 12.2. The summed E-state index contributed by atoms with van der Waals surface area (Å²) < 4.78 is 28.7. The number of ether oxygens (including phenoxy) is 6. The molecule has 0 radical (unpaired) electrons. The van der Waals surface area contributed by atoms with Crippen LogP contribution >= 0.6 is 0 Å². The van der Waals surface area contributed by atoms with Crippen LogP contribution in [0.25, 0.3) is 0 Å². The van der Waals surface area contributed by atoms with Gasteiger partial charge in [0.05, 0.1) is 53.7 Å². The van der Waals surface area contributed by atoms with Crippen molar-refractivity contribution in [3.05, 3.63) is 88.0 Å². The summed E-state index contributed by atoms with van der Waals surface area (Å²) in [5.74, 6) is -9.68. The van der Waals surface area contributed by atoms with Crippen molar-refractivity contribution >= 4 is 77.6 Å². The van der Waals surface area contributed by atoms with Gasteiger partial charge in [0.1, 0.15) is 30.3 Å². The third kappa shape index (κ3) is 12.6. The highest BCUT2D eigenvalue weighted by molar-refractivity contribution is 6.20. The zero-order chi connectivity index (χ0) is 53.1. The normalized spacial score (nSPS) is 13.9. The van der Waals surface area contributed by atoms with Crippen LogP contribution in [0.4, 0.5) is 14.4 Å². The van der Waals surface area contributed by atoms with E-state index >= 15 is 0 Å². The van der Waals surface area contributed by atoms with Crippen molar-refractivity contribution in [2.24, 2.45) is 0 Å². The monoisotopic (exact) mass is 1010 g/mol. The van der Waals surface area contributed by atoms with Crippen LogP contribution in [0.15, 0.2) is 54.6 Å². The fourth-order valence-corrected chi connectivity index (χ4v) is 8.02. The van der Waals surface area contributed by atoms with Crippen LogP contribution in [-0.2, 0) is 67.0 Å². The molecule has 9 amide bonds. The molecule has 3 aromatic rings. The molecule has 26 heteroatoms. The largest absolute Gasteiger partial charge is 0.513 e. The van der Waals surface area contributed by atoms with Gasteiger partial charge in [0.2, 0.25) is 35.4 Å². The molecule has 73 heavy (non-hydrogen) atoms. The zero-order valence-electron chi connectivity index (χ0n) is 39.3. The molecule has 384 valence electrons. The number of aliphatic carboxylic acids is 1. The van der Waals surface area contributed by atoms with E-state index in [1.54, 1.807) is 0 Å². The van der Waals surface area contributed by atoms with E-state index in [0.29, 0.717) is 14.7 Å². The molecule has 0 spiro atoms. The van der Waals surface area contributed by atoms with Crippen LogP contribution in [0.5, 0.6) is 17.2 Å². The molecule has 0 unspecified atom stereocenters. The Hall–Kier alpha value is -9.07. The smallest absolute Gasteiger partial charge is 0.480 e. The van der Waals surface area contributed by atoms with Crippen LogP contribution in [0, 0.1) is 0 Å². The summed E-state index contributed by atoms with van der Waals surface area (Å²) in [4.78, 5) is 172. The Morgan fingerprint density at radius 1 is 0.562 bits per heavy atom. The Labute approximate surface area is 413 Å². The molecule has 0 aliphatic carbocycles. The first-order valence-corrected chi connectivity index (χ1v) is 22.1. The first kappa shape index (κ1) is 53.3. The average molecular weight is 1010 g/mol. The second kappa shape index (κ2) is 23.7. The highest BCUT2D eigenvalue weighted by atomic mass is 16.7. The van der Waals surface area contributed by atoms with Crippen LogP contribution in [0.3, 0.4) is 0 Å². The molecule has 3 aromatic carbocycles. The van der Waals surface area contributed by atoms with Gasteiger partial charge in [-0.15, -0.1) is 0 Å². The van der Waals surface area contributed by atoms with Gasteiger partial charge < -0.3 is 43.7 Å². The molecule has 0 atom stereocenters. The highest BCUT2D eigenvalue weighted by Gasteiger charge is 2.39. The highest BCUT2D eigenvalue weighted by Crippen LogP contribution is 2.32. The number of methoxy groups -OCH3 is 3. The molecular weight excluding hydrogens is 969 g/mol. The quantitative estimate of drug-likeness (QED) is 0.0550. The van der Waals surface area contributed by atoms with Gasteiger partial charge in [-0.2, -0.15) is 0 Å². The van der Waals surface area contributed by atoms with Gasteiger partial charge in [0.25, 0.3) is 17.7 Å². The number of benzene rings is 3. The van der Waals surface area contributed by atoms with Crippen molar-refractivity contribution < 1.29 is 95.9 Å². The van der Waals surface area contributed by atoms with Crippen LogP contribution in [0.2, 0.25) is 0 Å². The van der Waals surface area contributed by atoms with Gasteiger partial charge in [0, 0.05) is 59.6 Å². The number of carbonyl (C=O) groups is 13. The van der Waals surface area contributed by atoms with E-state index in [-0.39, 0.29) is 96.1 Å². The molecule has 0 fully saturated rings. The summed E-state index contributed by atoms with van der Waals surface area (Å²) >= 11 is 0. The topological polar surface area (TPSA) is 326 Å². The number of hydrogen-bond donors (Lipinski definition) is 2. The molecule has 0 aromatic heterocycles. The molecule has 26 nitrogen and oxygen atoms in total. The number of carbonyl (C=O) groups excluding carboxylic acids is 12. The van der Waals surface area contributed by atoms with Gasteiger partial charge in [-0.3, -0.25) is 62.6 Å². The van der Waals surface area contributed by atoms with Crippen molar-refractivity contribution in [3.8, 4) is 17.2 Å². The Kier molecular flexibility index (Phi) is 17.3. The Morgan fingerprint density at radius 2 is 1.00 bits per heavy atom. The lowest BCUT2D eigenvalue weighted by molar-refractivity contribution is -0.143. The Morgan fingerprint density at radius 3 is 1.47 bits per heavy atom. The van der Waals surface area contributed by atoms with E-state index in [1.165, 1.54) is 59.5 Å². The molecule has 3 heterocycles. The Balaban J connectivity index is 1.13. The lowest BCUT2D eigenvalue weighted by Crippen LogP contribution is -2.51. The second-order valence-corrected chi connectivity index (χ2v) is 16.1. The number of carboxylic acid groups (broad SMARTS) is 1. The van der Waals surface area contributed by atoms with Crippen LogP contribution in [0.1, 0.15) is 60.6 Å². The van der Waals surface area contributed by atoms with Crippen LogP contribution < -0.4 is 19.5 Å². The van der Waals surface area contributed by atoms with E-state index in [9.17, 15) is 67.4 Å². The Bertz CT molecular complexity index is 2810. The molecule has 0 saturated heterocycles. The zero-order valence-corrected chi connectivity index (χ0v) is 39.3. The maximum absolute atomic E-state index is 14.1. The molecule has 3 aliphatic heterocycles. The lowest BCUT2D eigenvalue weighted by Gasteiger charge is -2.31. The summed E-state index contributed by atoms with van der Waals surface area (Å²) in [6.45, 7) is -3.72. The minimum absolute atomic E-state index is 0.0136. The predicted molar refractivity (Wildman–Crippen MR) is 241 cm³/mol. The van der Waals surface area contributed by atoms with E-state index in [0.717, 1.165) is 26.2 Å². The number of rotatable bonds is 19. The summed E-state index contributed by atoms with van der Waals surface area (Å²) in [6.07, 6.45) is -4.72. The standard InChI is InChI=1S/C47H46N6O20/c1-68-45(65)71-32-12-4-9-26-29(32)19-36(55)51(42(26)62)22-35(54)48-15-7-17-50(39(58)24-52-37(56)20-30-27(43(52)63)10-5-13-33(30)72-46(66)69-2)18-8-16-49(25-41(60)61)23-40(59)53-38(57)21-31-28(44(53)64)11-6-14-34(31)73-47(67)70-3/h4-6,9-14H,7-8,15-25H2,1-3H3,(H,48,54)(H,60,61). The first-order chi connectivity index (χ1) is 34.8. The predicted octanol–water partition coefficient (Wildman–Crippen LogP) is 0.736. The first-order valence-electron chi connectivity index (χ1n) is 22.1. The minimum Gasteiger partial charge on any atom is -0.480 e. The number of amides is 9. The van der Waals surface area contributed by atoms with E-state index in [1.807, 2.05) is 0 Å². The van der Waals surface area contributed by atoms with Gasteiger partial charge in [-0.05, 0) is 49.2 Å². The SMILES string of the molecule is COC(=O)Oc1cccc2c1CC(=O)N(CC(=O)NCCCN(CCCN(CC(=O)O)CC(=O)N1C(=O)Cc3c(OC(=O)OC)cccc3C1=O)C(=O)CN1C(=O)Cc3c(OC(=O)OC)cccc3C1=O)C2=O. The lowest BCUT2D eigenvalue weighted by atomic mass is 9.97. The number of hydrogen-bond acceptors (Lipinski definition) is 20. The summed E-state index contributed by atoms with van der Waals surface area (Å²) in [7, 11) is 3.19. The van der Waals surface area contributed by atoms with Crippen molar-refractivity contribution in [3.63, 3.8) is 0 Å². The molecule has 0 bridgehead atoms. The average Bonchev–Trinajstić information content (AvgIpc) is 3.35. The molecule has 3 aliphatic rings. The fourth-order valence-electron chi connectivity index (χ4n) is 8.02.